The van der Waals surface area contributed by atoms with Gasteiger partial charge >= 0.3 is 0 Å². The van der Waals surface area contributed by atoms with Crippen molar-refractivity contribution < 1.29 is 0 Å². The number of pyridine rings is 1. The van der Waals surface area contributed by atoms with Gasteiger partial charge in [-0.15, -0.1) is 0 Å². The molecule has 4 nitrogen and oxygen atoms in total. The van der Waals surface area contributed by atoms with Crippen molar-refractivity contribution in [2.75, 3.05) is 0 Å². The molecule has 0 aromatic carbocycles. The lowest BCUT2D eigenvalue weighted by Crippen LogP contribution is -2.23. The van der Waals surface area contributed by atoms with E-state index in [-0.39, 0.29) is 12.1 Å². The molecule has 0 spiro atoms. The number of aromatic nitrogens is 3. The van der Waals surface area contributed by atoms with Crippen LogP contribution in [-0.4, -0.2) is 14.8 Å². The minimum Gasteiger partial charge on any atom is -0.303 e. The summed E-state index contributed by atoms with van der Waals surface area (Å²) in [5, 5.41) is 8.23. The summed E-state index contributed by atoms with van der Waals surface area (Å²) in [5.74, 6) is 0. The summed E-state index contributed by atoms with van der Waals surface area (Å²) in [7, 11) is 0. The molecule has 2 heterocycles. The van der Waals surface area contributed by atoms with Crippen LogP contribution in [0.25, 0.3) is 0 Å². The highest BCUT2D eigenvalue weighted by molar-refractivity contribution is 5.28. The van der Waals surface area contributed by atoms with E-state index in [1.807, 2.05) is 12.3 Å². The lowest BCUT2D eigenvalue weighted by molar-refractivity contribution is 0.490. The number of rotatable bonds is 5. The smallest absolute Gasteiger partial charge is 0.0644 e. The molecule has 0 aliphatic carbocycles. The maximum Gasteiger partial charge on any atom is 0.0644 e. The number of nitrogens with zero attached hydrogens (tertiary/aromatic N) is 3. The van der Waals surface area contributed by atoms with E-state index in [0.717, 1.165) is 12.2 Å². The molecular weight excluding hydrogens is 248 g/mol. The Morgan fingerprint density at radius 1 is 1.25 bits per heavy atom. The molecule has 2 rings (SSSR count). The molecule has 4 heteroatoms. The first-order chi connectivity index (χ1) is 9.54. The monoisotopic (exact) mass is 272 g/mol. The van der Waals surface area contributed by atoms with E-state index >= 15 is 0 Å². The van der Waals surface area contributed by atoms with E-state index in [1.54, 1.807) is 6.20 Å². The van der Waals surface area contributed by atoms with E-state index in [0.29, 0.717) is 0 Å². The molecule has 0 radical (unpaired) electrons. The number of nitrogens with one attached hydrogen (secondary N) is 1. The molecule has 1 N–H and O–H groups in total. The molecule has 0 fully saturated rings. The largest absolute Gasteiger partial charge is 0.303 e. The maximum absolute atomic E-state index is 4.59. The Bertz CT molecular complexity index is 559. The molecule has 1 unspecified atom stereocenters. The van der Waals surface area contributed by atoms with Crippen molar-refractivity contribution >= 4 is 0 Å². The van der Waals surface area contributed by atoms with Crippen LogP contribution in [0.5, 0.6) is 0 Å². The lowest BCUT2D eigenvalue weighted by atomic mass is 10.0. The van der Waals surface area contributed by atoms with Gasteiger partial charge in [-0.05, 0) is 46.2 Å². The second-order valence-electron chi connectivity index (χ2n) is 5.30. The zero-order chi connectivity index (χ0) is 14.7. The van der Waals surface area contributed by atoms with E-state index in [9.17, 15) is 0 Å². The predicted octanol–water partition coefficient (Wildman–Crippen LogP) is 3.33. The summed E-state index contributed by atoms with van der Waals surface area (Å²) >= 11 is 0. The molecular formula is C16H24N4. The average molecular weight is 272 g/mol. The van der Waals surface area contributed by atoms with E-state index in [1.165, 1.54) is 16.8 Å². The van der Waals surface area contributed by atoms with Crippen LogP contribution >= 0.6 is 0 Å². The number of hydrogen-bond acceptors (Lipinski definition) is 3. The number of aryl methyl sites for hydroxylation is 2. The summed E-state index contributed by atoms with van der Waals surface area (Å²) in [6.07, 6.45) is 3.72. The van der Waals surface area contributed by atoms with Gasteiger partial charge in [0, 0.05) is 42.3 Å². The first-order valence-electron chi connectivity index (χ1n) is 7.24. The van der Waals surface area contributed by atoms with Crippen LogP contribution in [0.2, 0.25) is 0 Å². The third kappa shape index (κ3) is 2.90. The zero-order valence-electron chi connectivity index (χ0n) is 13.0. The molecule has 0 saturated heterocycles. The van der Waals surface area contributed by atoms with E-state index < -0.39 is 0 Å². The van der Waals surface area contributed by atoms with Gasteiger partial charge in [0.05, 0.1) is 5.69 Å². The highest BCUT2D eigenvalue weighted by atomic mass is 15.3. The van der Waals surface area contributed by atoms with Crippen molar-refractivity contribution in [1.29, 1.82) is 0 Å². The summed E-state index contributed by atoms with van der Waals surface area (Å²) < 4.78 is 2.07. The highest BCUT2D eigenvalue weighted by Crippen LogP contribution is 2.24. The fourth-order valence-corrected chi connectivity index (χ4v) is 2.83. The van der Waals surface area contributed by atoms with E-state index in [4.69, 9.17) is 0 Å². The maximum atomic E-state index is 4.59. The Labute approximate surface area is 121 Å². The third-order valence-electron chi connectivity index (χ3n) is 3.85. The second kappa shape index (κ2) is 6.18. The summed E-state index contributed by atoms with van der Waals surface area (Å²) in [6.45, 7) is 11.6. The van der Waals surface area contributed by atoms with Gasteiger partial charge < -0.3 is 5.32 Å². The first kappa shape index (κ1) is 14.7. The Hall–Kier alpha value is -1.68. The van der Waals surface area contributed by atoms with Crippen LogP contribution < -0.4 is 5.32 Å². The standard InChI is InChI=1S/C16H24N4/c1-6-20-14(5)16(13(4)19-20)12(3)18-11(2)15-8-7-9-17-10-15/h7-12,18H,6H2,1-5H3/t11-,12?/m1/s1. The van der Waals surface area contributed by atoms with Gasteiger partial charge in [-0.3, -0.25) is 9.67 Å². The van der Waals surface area contributed by atoms with Crippen LogP contribution in [0.15, 0.2) is 24.5 Å². The van der Waals surface area contributed by atoms with E-state index in [2.05, 4.69) is 60.8 Å². The van der Waals surface area contributed by atoms with Crippen LogP contribution in [0, 0.1) is 13.8 Å². The average Bonchev–Trinajstić information content (AvgIpc) is 2.74. The van der Waals surface area contributed by atoms with Crippen molar-refractivity contribution in [2.24, 2.45) is 0 Å². The third-order valence-corrected chi connectivity index (χ3v) is 3.85. The molecule has 2 atom stereocenters. The van der Waals surface area contributed by atoms with Crippen molar-refractivity contribution in [3.05, 3.63) is 47.0 Å². The van der Waals surface area contributed by atoms with Crippen molar-refractivity contribution in [3.8, 4) is 0 Å². The molecule has 0 amide bonds. The molecule has 0 aliphatic heterocycles. The van der Waals surface area contributed by atoms with Gasteiger partial charge in [0.25, 0.3) is 0 Å². The Kier molecular flexibility index (Phi) is 4.55. The Balaban J connectivity index is 2.16. The fraction of sp³-hybridized carbons (Fsp3) is 0.500. The Morgan fingerprint density at radius 2 is 2.00 bits per heavy atom. The summed E-state index contributed by atoms with van der Waals surface area (Å²) in [4.78, 5) is 4.18. The Morgan fingerprint density at radius 3 is 2.55 bits per heavy atom. The molecule has 0 bridgehead atoms. The second-order valence-corrected chi connectivity index (χ2v) is 5.30. The quantitative estimate of drug-likeness (QED) is 0.908. The van der Waals surface area contributed by atoms with Gasteiger partial charge in [0.2, 0.25) is 0 Å². The van der Waals surface area contributed by atoms with Gasteiger partial charge in [-0.1, -0.05) is 6.07 Å². The molecule has 20 heavy (non-hydrogen) atoms. The van der Waals surface area contributed by atoms with Crippen LogP contribution in [-0.2, 0) is 6.54 Å². The van der Waals surface area contributed by atoms with Gasteiger partial charge in [0.1, 0.15) is 0 Å². The normalized spacial score (nSPS) is 14.2. The van der Waals surface area contributed by atoms with Crippen LogP contribution in [0.1, 0.15) is 55.4 Å². The molecule has 2 aromatic heterocycles. The first-order valence-corrected chi connectivity index (χ1v) is 7.24. The molecule has 0 saturated carbocycles. The summed E-state index contributed by atoms with van der Waals surface area (Å²) in [6, 6.07) is 4.61. The highest BCUT2D eigenvalue weighted by Gasteiger charge is 2.18. The predicted molar refractivity (Wildman–Crippen MR) is 81.6 cm³/mol. The van der Waals surface area contributed by atoms with Crippen LogP contribution in [0.3, 0.4) is 0 Å². The molecule has 0 aliphatic rings. The minimum atomic E-state index is 0.266. The molecule has 108 valence electrons. The van der Waals surface area contributed by atoms with Gasteiger partial charge in [-0.25, -0.2) is 0 Å². The van der Waals surface area contributed by atoms with Crippen molar-refractivity contribution in [2.45, 2.75) is 53.2 Å². The van der Waals surface area contributed by atoms with Gasteiger partial charge in [-0.2, -0.15) is 5.10 Å². The van der Waals surface area contributed by atoms with Crippen LogP contribution in [0.4, 0.5) is 0 Å². The lowest BCUT2D eigenvalue weighted by Gasteiger charge is -2.21. The topological polar surface area (TPSA) is 42.7 Å². The SMILES string of the molecule is CCn1nc(C)c(C(C)N[C@H](C)c2cccnc2)c1C. The fourth-order valence-electron chi connectivity index (χ4n) is 2.83. The number of hydrogen-bond donors (Lipinski definition) is 1. The summed E-state index contributed by atoms with van der Waals surface area (Å²) in [5.41, 5.74) is 4.88. The molecule has 2 aromatic rings. The van der Waals surface area contributed by atoms with Gasteiger partial charge in [0.15, 0.2) is 0 Å². The minimum absolute atomic E-state index is 0.266. The van der Waals surface area contributed by atoms with Crippen molar-refractivity contribution in [3.63, 3.8) is 0 Å². The zero-order valence-corrected chi connectivity index (χ0v) is 13.0. The van der Waals surface area contributed by atoms with Crippen molar-refractivity contribution in [1.82, 2.24) is 20.1 Å².